The molecule has 86 valence electrons. The fourth-order valence-corrected chi connectivity index (χ4v) is 2.24. The van der Waals surface area contributed by atoms with Crippen LogP contribution in [-0.2, 0) is 4.79 Å². The summed E-state index contributed by atoms with van der Waals surface area (Å²) >= 11 is 0. The molecule has 0 aromatic rings. The fraction of sp³-hybridized carbons (Fsp3) is 0.800. The van der Waals surface area contributed by atoms with Gasteiger partial charge in [-0.3, -0.25) is 10.2 Å². The Hall–Kier alpha value is -1.10. The summed E-state index contributed by atoms with van der Waals surface area (Å²) in [5.41, 5.74) is 5.41. The minimum Gasteiger partial charge on any atom is -0.370 e. The largest absolute Gasteiger partial charge is 0.370 e. The van der Waals surface area contributed by atoms with Crippen LogP contribution in [0.25, 0.3) is 0 Å². The minimum atomic E-state index is -0.0425. The van der Waals surface area contributed by atoms with Gasteiger partial charge in [-0.15, -0.1) is 0 Å². The van der Waals surface area contributed by atoms with E-state index in [2.05, 4.69) is 5.32 Å². The Morgan fingerprint density at radius 2 is 2.07 bits per heavy atom. The van der Waals surface area contributed by atoms with E-state index in [1.165, 1.54) is 0 Å². The fourth-order valence-electron chi connectivity index (χ4n) is 2.24. The maximum Gasteiger partial charge on any atom is 0.188 e. The third kappa shape index (κ3) is 2.92. The van der Waals surface area contributed by atoms with Crippen molar-refractivity contribution in [3.63, 3.8) is 0 Å². The Bertz CT molecular complexity index is 246. The van der Waals surface area contributed by atoms with E-state index in [-0.39, 0.29) is 17.8 Å². The van der Waals surface area contributed by atoms with Gasteiger partial charge in [0.25, 0.3) is 0 Å². The van der Waals surface area contributed by atoms with Crippen LogP contribution in [0.15, 0.2) is 0 Å². The first-order chi connectivity index (χ1) is 7.06. The monoisotopic (exact) mass is 212 g/mol. The number of nitrogens with one attached hydrogen (secondary N) is 2. The molecule has 15 heavy (non-hydrogen) atoms. The van der Waals surface area contributed by atoms with Crippen LogP contribution in [0.3, 0.4) is 0 Å². The highest BCUT2D eigenvalue weighted by molar-refractivity contribution is 5.81. The number of ketones is 1. The minimum absolute atomic E-state index is 0.0425. The topological polar surface area (TPSA) is 82.2 Å². The maximum atomic E-state index is 11.3. The van der Waals surface area contributed by atoms with Crippen LogP contribution < -0.4 is 11.1 Å². The van der Waals surface area contributed by atoms with Gasteiger partial charge in [-0.2, -0.15) is 0 Å². The number of nitrogens with two attached hydrogens (primary N) is 1. The molecule has 0 bridgehead atoms. The van der Waals surface area contributed by atoms with Crippen LogP contribution in [0.5, 0.6) is 0 Å². The first-order valence-corrected chi connectivity index (χ1v) is 5.33. The van der Waals surface area contributed by atoms with E-state index in [0.717, 1.165) is 25.9 Å². The Morgan fingerprint density at radius 3 is 2.40 bits per heavy atom. The molecule has 0 radical (unpaired) electrons. The molecule has 0 aromatic heterocycles. The van der Waals surface area contributed by atoms with Gasteiger partial charge >= 0.3 is 0 Å². The number of piperidine rings is 1. The first kappa shape index (κ1) is 12.0. The van der Waals surface area contributed by atoms with Crippen molar-refractivity contribution in [2.24, 2.45) is 11.7 Å². The smallest absolute Gasteiger partial charge is 0.188 e. The zero-order chi connectivity index (χ0) is 11.4. The zero-order valence-corrected chi connectivity index (χ0v) is 9.42. The van der Waals surface area contributed by atoms with Crippen LogP contribution in [0.1, 0.15) is 19.8 Å². The molecule has 0 saturated carbocycles. The lowest BCUT2D eigenvalue weighted by Gasteiger charge is -2.35. The van der Waals surface area contributed by atoms with E-state index >= 15 is 0 Å². The molecule has 5 nitrogen and oxygen atoms in total. The van der Waals surface area contributed by atoms with Gasteiger partial charge in [0.2, 0.25) is 0 Å². The van der Waals surface area contributed by atoms with Crippen molar-refractivity contribution >= 4 is 11.7 Å². The Labute approximate surface area is 90.5 Å². The highest BCUT2D eigenvalue weighted by atomic mass is 16.1. The second kappa shape index (κ2) is 5.11. The Balaban J connectivity index is 2.49. The summed E-state index contributed by atoms with van der Waals surface area (Å²) in [6.07, 6.45) is 1.84. The quantitative estimate of drug-likeness (QED) is 0.446. The summed E-state index contributed by atoms with van der Waals surface area (Å²) < 4.78 is 0. The van der Waals surface area contributed by atoms with Crippen molar-refractivity contribution in [3.8, 4) is 0 Å². The third-order valence-electron chi connectivity index (χ3n) is 3.10. The number of Topliss-reactive ketones (excluding diaryl/α,β-unsaturated/α-hetero) is 1. The summed E-state index contributed by atoms with van der Waals surface area (Å²) in [6, 6.07) is -0.0425. The molecule has 0 amide bonds. The van der Waals surface area contributed by atoms with Gasteiger partial charge in [-0.25, -0.2) is 0 Å². The number of carbonyl (C=O) groups excluding carboxylic acids is 1. The lowest BCUT2D eigenvalue weighted by Crippen LogP contribution is -2.48. The van der Waals surface area contributed by atoms with Crippen molar-refractivity contribution < 1.29 is 4.79 Å². The summed E-state index contributed by atoms with van der Waals surface area (Å²) in [6.45, 7) is 3.19. The SMILES string of the molecule is CN[C@@H](C(C)=O)C1CCN(C(=N)N)CC1. The Morgan fingerprint density at radius 1 is 1.53 bits per heavy atom. The third-order valence-corrected chi connectivity index (χ3v) is 3.10. The van der Waals surface area contributed by atoms with Gasteiger partial charge in [-0.1, -0.05) is 0 Å². The lowest BCUT2D eigenvalue weighted by atomic mass is 9.87. The number of hydrogen-bond donors (Lipinski definition) is 3. The van der Waals surface area contributed by atoms with Crippen molar-refractivity contribution in [2.45, 2.75) is 25.8 Å². The molecule has 1 heterocycles. The highest BCUT2D eigenvalue weighted by Crippen LogP contribution is 2.20. The molecule has 1 fully saturated rings. The molecule has 1 saturated heterocycles. The summed E-state index contributed by atoms with van der Waals surface area (Å²) in [5, 5.41) is 10.4. The van der Waals surface area contributed by atoms with Crippen molar-refractivity contribution in [2.75, 3.05) is 20.1 Å². The van der Waals surface area contributed by atoms with E-state index in [4.69, 9.17) is 11.1 Å². The molecule has 0 unspecified atom stereocenters. The van der Waals surface area contributed by atoms with Gasteiger partial charge in [0.1, 0.15) is 5.78 Å². The number of likely N-dealkylation sites (tertiary alicyclic amines) is 1. The molecule has 1 aliphatic rings. The van der Waals surface area contributed by atoms with Gasteiger partial charge in [-0.05, 0) is 32.7 Å². The van der Waals surface area contributed by atoms with Crippen LogP contribution in [-0.4, -0.2) is 42.8 Å². The number of nitrogens with zero attached hydrogens (tertiary/aromatic N) is 1. The van der Waals surface area contributed by atoms with Crippen molar-refractivity contribution in [1.82, 2.24) is 10.2 Å². The maximum absolute atomic E-state index is 11.3. The molecule has 0 spiro atoms. The predicted octanol–water partition coefficient (Wildman–Crippen LogP) is -0.231. The second-order valence-corrected chi connectivity index (χ2v) is 4.09. The molecule has 1 rings (SSSR count). The van der Waals surface area contributed by atoms with E-state index < -0.39 is 0 Å². The predicted molar refractivity (Wildman–Crippen MR) is 59.7 cm³/mol. The normalized spacial score (nSPS) is 20.0. The van der Waals surface area contributed by atoms with Crippen molar-refractivity contribution in [1.29, 1.82) is 5.41 Å². The summed E-state index contributed by atoms with van der Waals surface area (Å²) in [7, 11) is 1.82. The molecular weight excluding hydrogens is 192 g/mol. The number of hydrogen-bond acceptors (Lipinski definition) is 3. The lowest BCUT2D eigenvalue weighted by molar-refractivity contribution is -0.120. The summed E-state index contributed by atoms with van der Waals surface area (Å²) in [4.78, 5) is 13.2. The molecular formula is C10H20N4O. The van der Waals surface area contributed by atoms with Crippen LogP contribution in [0, 0.1) is 11.3 Å². The van der Waals surface area contributed by atoms with Crippen molar-refractivity contribution in [3.05, 3.63) is 0 Å². The van der Waals surface area contributed by atoms with E-state index in [9.17, 15) is 4.79 Å². The average molecular weight is 212 g/mol. The van der Waals surface area contributed by atoms with E-state index in [1.807, 2.05) is 11.9 Å². The molecule has 5 heteroatoms. The number of likely N-dealkylation sites (N-methyl/N-ethyl adjacent to an activating group) is 1. The van der Waals surface area contributed by atoms with Crippen LogP contribution >= 0.6 is 0 Å². The molecule has 4 N–H and O–H groups in total. The van der Waals surface area contributed by atoms with Gasteiger partial charge in [0.05, 0.1) is 6.04 Å². The first-order valence-electron chi connectivity index (χ1n) is 5.33. The standard InChI is InChI=1S/C10H20N4O/c1-7(15)9(13-2)8-3-5-14(6-4-8)10(11)12/h8-9,13H,3-6H2,1-2H3,(H3,11,12)/t9-/m0/s1. The average Bonchev–Trinajstić information content (AvgIpc) is 2.19. The van der Waals surface area contributed by atoms with Gasteiger partial charge < -0.3 is 16.0 Å². The molecule has 1 atom stereocenters. The second-order valence-electron chi connectivity index (χ2n) is 4.09. The van der Waals surface area contributed by atoms with Crippen LogP contribution in [0.2, 0.25) is 0 Å². The Kier molecular flexibility index (Phi) is 4.08. The molecule has 1 aliphatic heterocycles. The number of rotatable bonds is 3. The zero-order valence-electron chi connectivity index (χ0n) is 9.42. The highest BCUT2D eigenvalue weighted by Gasteiger charge is 2.28. The molecule has 0 aromatic carbocycles. The number of guanidine groups is 1. The van der Waals surface area contributed by atoms with Crippen LogP contribution in [0.4, 0.5) is 0 Å². The van der Waals surface area contributed by atoms with E-state index in [1.54, 1.807) is 6.92 Å². The van der Waals surface area contributed by atoms with Gasteiger partial charge in [0.15, 0.2) is 5.96 Å². The molecule has 0 aliphatic carbocycles. The van der Waals surface area contributed by atoms with E-state index in [0.29, 0.717) is 5.92 Å². The van der Waals surface area contributed by atoms with Gasteiger partial charge in [0, 0.05) is 13.1 Å². The number of carbonyl (C=O) groups is 1. The summed E-state index contributed by atoms with van der Waals surface area (Å²) in [5.74, 6) is 0.708.